The number of aromatic nitrogens is 2. The number of rotatable bonds is 5. The van der Waals surface area contributed by atoms with Crippen LogP contribution in [0.5, 0.6) is 0 Å². The molecule has 0 radical (unpaired) electrons. The summed E-state index contributed by atoms with van der Waals surface area (Å²) < 4.78 is 40.4. The normalized spacial score (nSPS) is 11.1. The topological polar surface area (TPSA) is 91.9 Å². The Morgan fingerprint density at radius 2 is 1.73 bits per heavy atom. The maximum atomic E-state index is 15.2. The van der Waals surface area contributed by atoms with E-state index in [4.69, 9.17) is 0 Å². The molecule has 4 aromatic rings. The van der Waals surface area contributed by atoms with Gasteiger partial charge >= 0.3 is 0 Å². The van der Waals surface area contributed by atoms with Crippen LogP contribution in [0, 0.1) is 19.7 Å². The van der Waals surface area contributed by atoms with Gasteiger partial charge in [-0.15, -0.1) is 0 Å². The molecule has 0 aliphatic heterocycles. The first kappa shape index (κ1) is 24.1. The van der Waals surface area contributed by atoms with Gasteiger partial charge in [0.2, 0.25) is 10.0 Å². The number of nitrogens with one attached hydrogen (secondary N) is 2. The number of carbonyl (C=O) groups is 1. The molecule has 0 saturated carbocycles. The number of benzene rings is 2. The van der Waals surface area contributed by atoms with Gasteiger partial charge in [0.05, 0.1) is 17.5 Å². The Hall–Kier alpha value is -3.52. The van der Waals surface area contributed by atoms with E-state index in [0.29, 0.717) is 16.6 Å². The Balaban J connectivity index is 0.00000149. The van der Waals surface area contributed by atoms with Crippen molar-refractivity contribution < 1.29 is 17.6 Å². The molecule has 6 nitrogen and oxygen atoms in total. The number of aromatic amines is 1. The zero-order chi connectivity index (χ0) is 24.3. The summed E-state index contributed by atoms with van der Waals surface area (Å²) in [5.41, 5.74) is 3.41. The van der Waals surface area contributed by atoms with E-state index < -0.39 is 21.6 Å². The van der Waals surface area contributed by atoms with Crippen LogP contribution < -0.4 is 4.72 Å². The minimum Gasteiger partial charge on any atom is -0.345 e. The average molecular weight is 468 g/mol. The lowest BCUT2D eigenvalue weighted by Crippen LogP contribution is -2.14. The molecule has 0 aliphatic rings. The van der Waals surface area contributed by atoms with E-state index in [1.54, 1.807) is 13.1 Å². The van der Waals surface area contributed by atoms with E-state index in [-0.39, 0.29) is 16.8 Å². The first-order valence-corrected chi connectivity index (χ1v) is 12.4. The second-order valence-electron chi connectivity index (χ2n) is 7.41. The van der Waals surface area contributed by atoms with Gasteiger partial charge in [-0.25, -0.2) is 17.8 Å². The first-order valence-electron chi connectivity index (χ1n) is 10.5. The van der Waals surface area contributed by atoms with Crippen molar-refractivity contribution in [1.29, 1.82) is 0 Å². The molecule has 2 heterocycles. The first-order chi connectivity index (χ1) is 15.7. The lowest BCUT2D eigenvalue weighted by atomic mass is 9.94. The van der Waals surface area contributed by atoms with Crippen molar-refractivity contribution in [2.24, 2.45) is 0 Å². The van der Waals surface area contributed by atoms with Crippen LogP contribution in [0.25, 0.3) is 22.2 Å². The van der Waals surface area contributed by atoms with Crippen LogP contribution in [0.4, 0.5) is 10.1 Å². The molecule has 2 aromatic heterocycles. The Kier molecular flexibility index (Phi) is 6.98. The van der Waals surface area contributed by atoms with Gasteiger partial charge in [-0.2, -0.15) is 0 Å². The van der Waals surface area contributed by atoms with E-state index >= 15 is 4.39 Å². The fourth-order valence-electron chi connectivity index (χ4n) is 3.71. The summed E-state index contributed by atoms with van der Waals surface area (Å²) in [6, 6.07) is 12.5. The van der Waals surface area contributed by atoms with E-state index in [1.807, 2.05) is 51.1 Å². The largest absolute Gasteiger partial charge is 0.345 e. The van der Waals surface area contributed by atoms with E-state index in [9.17, 15) is 13.2 Å². The van der Waals surface area contributed by atoms with Crippen molar-refractivity contribution in [3.63, 3.8) is 0 Å². The molecule has 2 aromatic carbocycles. The van der Waals surface area contributed by atoms with Crippen LogP contribution in [-0.4, -0.2) is 30.4 Å². The number of hydrogen-bond donors (Lipinski definition) is 2. The van der Waals surface area contributed by atoms with Gasteiger partial charge in [-0.05, 0) is 36.6 Å². The maximum Gasteiger partial charge on any atom is 0.229 e. The summed E-state index contributed by atoms with van der Waals surface area (Å²) in [4.78, 5) is 20.8. The van der Waals surface area contributed by atoms with Crippen molar-refractivity contribution in [3.05, 3.63) is 82.9 Å². The Morgan fingerprint density at radius 3 is 2.36 bits per heavy atom. The van der Waals surface area contributed by atoms with Crippen LogP contribution in [0.1, 0.15) is 40.9 Å². The Morgan fingerprint density at radius 1 is 1.06 bits per heavy atom. The molecule has 0 spiro atoms. The van der Waals surface area contributed by atoms with Crippen molar-refractivity contribution in [1.82, 2.24) is 9.97 Å². The van der Waals surface area contributed by atoms with Gasteiger partial charge in [-0.3, -0.25) is 9.52 Å². The quantitative estimate of drug-likeness (QED) is 0.373. The Bertz CT molecular complexity index is 1430. The molecular formula is C25H26FN3O3S. The number of halogens is 1. The molecule has 4 rings (SSSR count). The van der Waals surface area contributed by atoms with Crippen LogP contribution in [0.3, 0.4) is 0 Å². The summed E-state index contributed by atoms with van der Waals surface area (Å²) in [6.45, 7) is 7.50. The van der Waals surface area contributed by atoms with Crippen LogP contribution in [-0.2, 0) is 10.0 Å². The van der Waals surface area contributed by atoms with Gasteiger partial charge < -0.3 is 4.98 Å². The third-order valence-electron chi connectivity index (χ3n) is 5.16. The van der Waals surface area contributed by atoms with Crippen molar-refractivity contribution in [3.8, 4) is 11.1 Å². The third-order valence-corrected chi connectivity index (χ3v) is 5.75. The summed E-state index contributed by atoms with van der Waals surface area (Å²) >= 11 is 0. The molecule has 33 heavy (non-hydrogen) atoms. The zero-order valence-electron chi connectivity index (χ0n) is 19.2. The fourth-order valence-corrected chi connectivity index (χ4v) is 4.26. The number of fused-ring (bicyclic) bond motifs is 1. The molecule has 0 atom stereocenters. The SMILES string of the molecule is CC.Cc1ccc(NS(C)(=O)=O)c(F)c1C(=O)c1c[nH]c2ncc(-c3ccccc3)c(C)c12. The number of H-pyrrole nitrogens is 1. The molecule has 0 amide bonds. The summed E-state index contributed by atoms with van der Waals surface area (Å²) in [5, 5.41) is 0.603. The van der Waals surface area contributed by atoms with Gasteiger partial charge in [0, 0.05) is 28.9 Å². The number of aryl methyl sites for hydroxylation is 2. The van der Waals surface area contributed by atoms with Crippen molar-refractivity contribution in [2.75, 3.05) is 11.0 Å². The van der Waals surface area contributed by atoms with E-state index in [1.165, 1.54) is 18.3 Å². The second kappa shape index (κ2) is 9.54. The minimum absolute atomic E-state index is 0.181. The van der Waals surface area contributed by atoms with E-state index in [2.05, 4.69) is 14.7 Å². The number of pyridine rings is 1. The number of nitrogens with zero attached hydrogens (tertiary/aromatic N) is 1. The van der Waals surface area contributed by atoms with Crippen molar-refractivity contribution in [2.45, 2.75) is 27.7 Å². The smallest absolute Gasteiger partial charge is 0.229 e. The van der Waals surface area contributed by atoms with Crippen LogP contribution in [0.2, 0.25) is 0 Å². The number of sulfonamides is 1. The zero-order valence-corrected chi connectivity index (χ0v) is 20.0. The highest BCUT2D eigenvalue weighted by Gasteiger charge is 2.24. The predicted molar refractivity (Wildman–Crippen MR) is 131 cm³/mol. The lowest BCUT2D eigenvalue weighted by molar-refractivity contribution is 0.103. The number of anilines is 1. The van der Waals surface area contributed by atoms with Crippen LogP contribution >= 0.6 is 0 Å². The average Bonchev–Trinajstić information content (AvgIpc) is 3.22. The third kappa shape index (κ3) is 4.80. The van der Waals surface area contributed by atoms with E-state index in [0.717, 1.165) is 22.9 Å². The summed E-state index contributed by atoms with van der Waals surface area (Å²) in [7, 11) is -3.70. The fraction of sp³-hybridized carbons (Fsp3) is 0.200. The highest BCUT2D eigenvalue weighted by Crippen LogP contribution is 2.32. The summed E-state index contributed by atoms with van der Waals surface area (Å²) in [6.07, 6.45) is 4.17. The number of hydrogen-bond acceptors (Lipinski definition) is 4. The van der Waals surface area contributed by atoms with Gasteiger partial charge in [0.1, 0.15) is 5.65 Å². The molecule has 0 unspecified atom stereocenters. The molecule has 0 fully saturated rings. The number of ketones is 1. The predicted octanol–water partition coefficient (Wildman–Crippen LogP) is 5.61. The van der Waals surface area contributed by atoms with Crippen LogP contribution in [0.15, 0.2) is 54.9 Å². The van der Waals surface area contributed by atoms with Gasteiger partial charge in [-0.1, -0.05) is 50.2 Å². The number of carbonyl (C=O) groups excluding carboxylic acids is 1. The van der Waals surface area contributed by atoms with Gasteiger partial charge in [0.15, 0.2) is 11.6 Å². The minimum atomic E-state index is -3.70. The molecule has 0 bridgehead atoms. The summed E-state index contributed by atoms with van der Waals surface area (Å²) in [5.74, 6) is -1.46. The maximum absolute atomic E-state index is 15.2. The molecule has 0 saturated heterocycles. The molecule has 8 heteroatoms. The lowest BCUT2D eigenvalue weighted by Gasteiger charge is -2.12. The monoisotopic (exact) mass is 467 g/mol. The second-order valence-corrected chi connectivity index (χ2v) is 9.16. The molecule has 172 valence electrons. The standard InChI is InChI=1S/C23H20FN3O3S.C2H6/c1-13-9-10-18(27-31(3,29)30)21(24)19(13)22(28)17-12-26-23-20(17)14(2)16(11-25-23)15-7-5-4-6-8-15;1-2/h4-12,27H,1-3H3,(H,25,26);1-2H3. The highest BCUT2D eigenvalue weighted by atomic mass is 32.2. The molecular weight excluding hydrogens is 441 g/mol. The van der Waals surface area contributed by atoms with Gasteiger partial charge in [0.25, 0.3) is 0 Å². The molecule has 2 N–H and O–H groups in total. The molecule has 0 aliphatic carbocycles. The Labute approximate surface area is 192 Å². The van der Waals surface area contributed by atoms with Crippen molar-refractivity contribution >= 4 is 32.5 Å². The highest BCUT2D eigenvalue weighted by molar-refractivity contribution is 7.92.